The number of hydrogen-bond acceptors (Lipinski definition) is 4. The second-order valence-corrected chi connectivity index (χ2v) is 6.52. The second kappa shape index (κ2) is 8.01. The number of methoxy groups -OCH3 is 1. The molecule has 6 nitrogen and oxygen atoms in total. The lowest BCUT2D eigenvalue weighted by molar-refractivity contribution is -0.119. The first-order chi connectivity index (χ1) is 12.5. The Hall–Kier alpha value is -2.86. The number of ether oxygens (including phenoxy) is 1. The van der Waals surface area contributed by atoms with Gasteiger partial charge < -0.3 is 21.1 Å². The van der Waals surface area contributed by atoms with Crippen molar-refractivity contribution in [2.45, 2.75) is 25.3 Å². The number of nitrogens with two attached hydrogens (primary N) is 1. The zero-order chi connectivity index (χ0) is 18.5. The van der Waals surface area contributed by atoms with Gasteiger partial charge in [-0.1, -0.05) is 0 Å². The number of nitrogens with one attached hydrogen (secondary N) is 2. The summed E-state index contributed by atoms with van der Waals surface area (Å²) in [6, 6.07) is 14.1. The monoisotopic (exact) mass is 353 g/mol. The molecular weight excluding hydrogens is 330 g/mol. The van der Waals surface area contributed by atoms with Gasteiger partial charge in [0.2, 0.25) is 5.91 Å². The maximum absolute atomic E-state index is 12.3. The summed E-state index contributed by atoms with van der Waals surface area (Å²) in [4.78, 5) is 24.5. The third-order valence-corrected chi connectivity index (χ3v) is 4.61. The van der Waals surface area contributed by atoms with E-state index in [2.05, 4.69) is 10.6 Å². The molecule has 0 aliphatic heterocycles. The van der Waals surface area contributed by atoms with Gasteiger partial charge in [-0.3, -0.25) is 9.59 Å². The highest BCUT2D eigenvalue weighted by Gasteiger charge is 2.27. The van der Waals surface area contributed by atoms with Gasteiger partial charge in [0.05, 0.1) is 7.11 Å². The van der Waals surface area contributed by atoms with Crippen LogP contribution in [0, 0.1) is 5.92 Å². The molecule has 26 heavy (non-hydrogen) atoms. The number of benzene rings is 2. The van der Waals surface area contributed by atoms with Gasteiger partial charge in [-0.05, 0) is 67.8 Å². The average molecular weight is 353 g/mol. The fraction of sp³-hybridized carbons (Fsp3) is 0.300. The Bertz CT molecular complexity index is 772. The molecule has 1 aliphatic rings. The quantitative estimate of drug-likeness (QED) is 0.770. The van der Waals surface area contributed by atoms with Crippen LogP contribution in [0.4, 0.5) is 11.4 Å². The van der Waals surface area contributed by atoms with Gasteiger partial charge in [-0.15, -0.1) is 0 Å². The Morgan fingerprint density at radius 3 is 2.15 bits per heavy atom. The molecule has 2 aromatic carbocycles. The van der Waals surface area contributed by atoms with Crippen molar-refractivity contribution in [2.24, 2.45) is 11.7 Å². The normalized spacial score (nSPS) is 19.0. The molecule has 3 rings (SSSR count). The highest BCUT2D eigenvalue weighted by molar-refractivity contribution is 6.04. The van der Waals surface area contributed by atoms with Crippen LogP contribution < -0.4 is 21.1 Å². The van der Waals surface area contributed by atoms with E-state index in [4.69, 9.17) is 10.5 Å². The minimum atomic E-state index is -0.213. The number of rotatable bonds is 5. The first-order valence-electron chi connectivity index (χ1n) is 8.67. The summed E-state index contributed by atoms with van der Waals surface area (Å²) in [5, 5.41) is 5.72. The Morgan fingerprint density at radius 2 is 1.58 bits per heavy atom. The molecule has 0 radical (unpaired) electrons. The van der Waals surface area contributed by atoms with E-state index in [1.54, 1.807) is 55.6 Å². The van der Waals surface area contributed by atoms with Crippen LogP contribution in [0.1, 0.15) is 29.6 Å². The predicted molar refractivity (Wildman–Crippen MR) is 101 cm³/mol. The van der Waals surface area contributed by atoms with E-state index in [1.165, 1.54) is 0 Å². The van der Waals surface area contributed by atoms with Crippen LogP contribution in [-0.4, -0.2) is 25.0 Å². The van der Waals surface area contributed by atoms with Gasteiger partial charge in [0.1, 0.15) is 5.75 Å². The van der Waals surface area contributed by atoms with E-state index < -0.39 is 0 Å². The van der Waals surface area contributed by atoms with Crippen LogP contribution in [0.3, 0.4) is 0 Å². The third-order valence-electron chi connectivity index (χ3n) is 4.61. The summed E-state index contributed by atoms with van der Waals surface area (Å²) in [6.45, 7) is 0. The molecule has 1 fully saturated rings. The number of anilines is 2. The fourth-order valence-corrected chi connectivity index (χ4v) is 3.08. The minimum Gasteiger partial charge on any atom is -0.497 e. The van der Waals surface area contributed by atoms with E-state index in [0.29, 0.717) is 16.9 Å². The number of carbonyl (C=O) groups is 2. The molecule has 136 valence electrons. The van der Waals surface area contributed by atoms with Crippen molar-refractivity contribution in [1.29, 1.82) is 0 Å². The number of amides is 2. The Morgan fingerprint density at radius 1 is 0.962 bits per heavy atom. The van der Waals surface area contributed by atoms with Gasteiger partial charge in [0.15, 0.2) is 0 Å². The zero-order valence-corrected chi connectivity index (χ0v) is 14.7. The van der Waals surface area contributed by atoms with Crippen LogP contribution in [0.15, 0.2) is 48.5 Å². The van der Waals surface area contributed by atoms with Crippen molar-refractivity contribution in [3.05, 3.63) is 54.1 Å². The molecular formula is C20H23N3O3. The van der Waals surface area contributed by atoms with Crippen LogP contribution in [0.5, 0.6) is 5.75 Å². The van der Waals surface area contributed by atoms with Crippen molar-refractivity contribution in [3.63, 3.8) is 0 Å². The topological polar surface area (TPSA) is 93.5 Å². The molecule has 0 spiro atoms. The highest BCUT2D eigenvalue weighted by atomic mass is 16.5. The predicted octanol–water partition coefficient (Wildman–Crippen LogP) is 3.01. The molecule has 1 aliphatic carbocycles. The number of hydrogen-bond donors (Lipinski definition) is 3. The lowest BCUT2D eigenvalue weighted by atomic mass is 10.1. The molecule has 2 atom stereocenters. The van der Waals surface area contributed by atoms with E-state index in [1.807, 2.05) is 0 Å². The first-order valence-corrected chi connectivity index (χ1v) is 8.67. The van der Waals surface area contributed by atoms with Crippen LogP contribution in [0.25, 0.3) is 0 Å². The van der Waals surface area contributed by atoms with E-state index >= 15 is 0 Å². The van der Waals surface area contributed by atoms with Crippen LogP contribution in [-0.2, 0) is 4.79 Å². The van der Waals surface area contributed by atoms with Crippen molar-refractivity contribution < 1.29 is 14.3 Å². The lowest BCUT2D eigenvalue weighted by Gasteiger charge is -2.11. The molecule has 2 unspecified atom stereocenters. The SMILES string of the molecule is COc1ccc(NC(=O)c2ccc(NC(=O)C3CCC(N)C3)cc2)cc1. The van der Waals surface area contributed by atoms with Gasteiger partial charge in [0, 0.05) is 28.9 Å². The Balaban J connectivity index is 1.57. The summed E-state index contributed by atoms with van der Waals surface area (Å²) in [5.74, 6) is 0.484. The fourth-order valence-electron chi connectivity index (χ4n) is 3.08. The Labute approximate surface area is 152 Å². The molecule has 2 aromatic rings. The maximum Gasteiger partial charge on any atom is 0.255 e. The molecule has 0 saturated heterocycles. The maximum atomic E-state index is 12.3. The molecule has 6 heteroatoms. The average Bonchev–Trinajstić information content (AvgIpc) is 3.09. The molecule has 4 N–H and O–H groups in total. The van der Waals surface area contributed by atoms with Crippen molar-refractivity contribution in [3.8, 4) is 5.75 Å². The van der Waals surface area contributed by atoms with Crippen molar-refractivity contribution in [2.75, 3.05) is 17.7 Å². The Kier molecular flexibility index (Phi) is 5.53. The largest absolute Gasteiger partial charge is 0.497 e. The zero-order valence-electron chi connectivity index (χ0n) is 14.7. The molecule has 1 saturated carbocycles. The molecule has 0 heterocycles. The third kappa shape index (κ3) is 4.40. The highest BCUT2D eigenvalue weighted by Crippen LogP contribution is 2.25. The first kappa shape index (κ1) is 17.9. The summed E-state index contributed by atoms with van der Waals surface area (Å²) < 4.78 is 5.09. The second-order valence-electron chi connectivity index (χ2n) is 6.52. The standard InChI is InChI=1S/C20H23N3O3/c1-26-18-10-8-17(9-11-18)22-19(24)13-3-6-16(7-4-13)23-20(25)14-2-5-15(21)12-14/h3-4,6-11,14-15H,2,5,12,21H2,1H3,(H,22,24)(H,23,25). The van der Waals surface area contributed by atoms with Crippen LogP contribution in [0.2, 0.25) is 0 Å². The lowest BCUT2D eigenvalue weighted by Crippen LogP contribution is -2.23. The smallest absolute Gasteiger partial charge is 0.255 e. The molecule has 2 amide bonds. The molecule has 0 aromatic heterocycles. The van der Waals surface area contributed by atoms with Crippen LogP contribution >= 0.6 is 0 Å². The summed E-state index contributed by atoms with van der Waals surface area (Å²) in [6.07, 6.45) is 2.45. The molecule has 0 bridgehead atoms. The summed E-state index contributed by atoms with van der Waals surface area (Å²) >= 11 is 0. The van der Waals surface area contributed by atoms with E-state index in [-0.39, 0.29) is 23.8 Å². The van der Waals surface area contributed by atoms with E-state index in [0.717, 1.165) is 25.0 Å². The number of carbonyl (C=O) groups excluding carboxylic acids is 2. The van der Waals surface area contributed by atoms with Gasteiger partial charge in [-0.25, -0.2) is 0 Å². The minimum absolute atomic E-state index is 0.00613. The van der Waals surface area contributed by atoms with Gasteiger partial charge >= 0.3 is 0 Å². The van der Waals surface area contributed by atoms with Gasteiger partial charge in [-0.2, -0.15) is 0 Å². The summed E-state index contributed by atoms with van der Waals surface area (Å²) in [5.41, 5.74) is 7.74. The summed E-state index contributed by atoms with van der Waals surface area (Å²) in [7, 11) is 1.59. The van der Waals surface area contributed by atoms with E-state index in [9.17, 15) is 9.59 Å². The van der Waals surface area contributed by atoms with Crippen molar-refractivity contribution in [1.82, 2.24) is 0 Å². The van der Waals surface area contributed by atoms with Gasteiger partial charge in [0.25, 0.3) is 5.91 Å². The van der Waals surface area contributed by atoms with Crippen molar-refractivity contribution >= 4 is 23.2 Å².